The summed E-state index contributed by atoms with van der Waals surface area (Å²) >= 11 is 0. The summed E-state index contributed by atoms with van der Waals surface area (Å²) in [4.78, 5) is 2.43. The third kappa shape index (κ3) is 6.57. The van der Waals surface area contributed by atoms with Gasteiger partial charge in [-0.15, -0.1) is 0 Å². The zero-order valence-corrected chi connectivity index (χ0v) is 36.1. The molecule has 1 heteroatoms. The van der Waals surface area contributed by atoms with E-state index in [1.165, 1.54) is 89.0 Å². The van der Waals surface area contributed by atoms with Gasteiger partial charge in [-0.25, -0.2) is 0 Å². The molecule has 1 nitrogen and oxygen atoms in total. The molecule has 11 rings (SSSR count). The van der Waals surface area contributed by atoms with Gasteiger partial charge in [0.2, 0.25) is 0 Å². The number of hydrogen-bond acceptors (Lipinski definition) is 1. The van der Waals surface area contributed by atoms with Crippen molar-refractivity contribution < 1.29 is 0 Å². The summed E-state index contributed by atoms with van der Waals surface area (Å²) in [5.41, 5.74) is 22.8. The second-order valence-electron chi connectivity index (χ2n) is 16.9. The molecule has 304 valence electrons. The number of rotatable bonds is 9. The Morgan fingerprint density at radius 2 is 0.703 bits per heavy atom. The van der Waals surface area contributed by atoms with Crippen molar-refractivity contribution >= 4 is 17.1 Å². The predicted molar refractivity (Wildman–Crippen MR) is 270 cm³/mol. The molecule has 0 aromatic heterocycles. The zero-order chi connectivity index (χ0) is 43.0. The van der Waals surface area contributed by atoms with Crippen molar-refractivity contribution in [2.24, 2.45) is 0 Å². The summed E-state index contributed by atoms with van der Waals surface area (Å²) in [6.45, 7) is 4.45. The maximum absolute atomic E-state index is 2.46. The van der Waals surface area contributed by atoms with Gasteiger partial charge in [0.05, 0.1) is 5.41 Å². The lowest BCUT2D eigenvalue weighted by molar-refractivity contribution is 0.768. The number of aryl methyl sites for hydroxylation is 1. The Labute approximate surface area is 377 Å². The molecule has 0 radical (unpaired) electrons. The smallest absolute Gasteiger partial charge is 0.0714 e. The number of anilines is 3. The largest absolute Gasteiger partial charge is 0.310 e. The molecule has 1 aliphatic carbocycles. The summed E-state index contributed by atoms with van der Waals surface area (Å²) in [5, 5.41) is 0. The second-order valence-corrected chi connectivity index (χ2v) is 16.9. The molecule has 0 unspecified atom stereocenters. The molecule has 0 atom stereocenters. The van der Waals surface area contributed by atoms with E-state index < -0.39 is 5.41 Å². The fraction of sp³-hybridized carbons (Fsp3) is 0.0476. The van der Waals surface area contributed by atoms with Gasteiger partial charge >= 0.3 is 0 Å². The fourth-order valence-corrected chi connectivity index (χ4v) is 10.3. The van der Waals surface area contributed by atoms with Crippen molar-refractivity contribution in [3.05, 3.63) is 282 Å². The average Bonchev–Trinajstić information content (AvgIpc) is 3.66. The molecule has 0 bridgehead atoms. The van der Waals surface area contributed by atoms with E-state index in [0.717, 1.165) is 17.1 Å². The highest BCUT2D eigenvalue weighted by molar-refractivity contribution is 5.91. The molecule has 0 N–H and O–H groups in total. The monoisotopic (exact) mass is 817 g/mol. The fourth-order valence-electron chi connectivity index (χ4n) is 10.3. The average molecular weight is 818 g/mol. The lowest BCUT2D eigenvalue weighted by atomic mass is 9.67. The van der Waals surface area contributed by atoms with Gasteiger partial charge in [0, 0.05) is 17.1 Å². The van der Waals surface area contributed by atoms with Crippen LogP contribution in [0.4, 0.5) is 17.1 Å². The molecule has 10 aromatic rings. The molecular weight excluding hydrogens is 771 g/mol. The maximum atomic E-state index is 2.46. The summed E-state index contributed by atoms with van der Waals surface area (Å²) in [5.74, 6) is 0. The van der Waals surface area contributed by atoms with Gasteiger partial charge in [-0.1, -0.05) is 212 Å². The molecule has 0 aliphatic heterocycles. The van der Waals surface area contributed by atoms with Gasteiger partial charge in [-0.2, -0.15) is 0 Å². The number of nitrogens with zero attached hydrogens (tertiary/aromatic N) is 1. The Bertz CT molecular complexity index is 3220. The Balaban J connectivity index is 1.08. The highest BCUT2D eigenvalue weighted by Gasteiger charge is 2.46. The summed E-state index contributed by atoms with van der Waals surface area (Å²) in [7, 11) is 0. The van der Waals surface area contributed by atoms with Crippen molar-refractivity contribution in [3.63, 3.8) is 0 Å². The van der Waals surface area contributed by atoms with E-state index in [1.807, 2.05) is 0 Å². The molecular formula is C63H47N. The predicted octanol–water partition coefficient (Wildman–Crippen LogP) is 16.8. The van der Waals surface area contributed by atoms with Crippen LogP contribution in [0.25, 0.3) is 55.6 Å². The van der Waals surface area contributed by atoms with E-state index in [2.05, 4.69) is 267 Å². The number of benzene rings is 10. The van der Waals surface area contributed by atoms with Gasteiger partial charge in [-0.3, -0.25) is 0 Å². The Kier molecular flexibility index (Phi) is 9.94. The van der Waals surface area contributed by atoms with Crippen LogP contribution >= 0.6 is 0 Å². The van der Waals surface area contributed by atoms with E-state index in [-0.39, 0.29) is 0 Å². The van der Waals surface area contributed by atoms with Crippen LogP contribution in [-0.2, 0) is 5.41 Å². The minimum absolute atomic E-state index is 0.509. The van der Waals surface area contributed by atoms with E-state index in [0.29, 0.717) is 0 Å². The Morgan fingerprint density at radius 3 is 1.30 bits per heavy atom. The lowest BCUT2D eigenvalue weighted by Gasteiger charge is -2.35. The minimum Gasteiger partial charge on any atom is -0.310 e. The molecule has 0 saturated heterocycles. The van der Waals surface area contributed by atoms with Gasteiger partial charge in [0.25, 0.3) is 0 Å². The molecule has 0 amide bonds. The van der Waals surface area contributed by atoms with E-state index in [1.54, 1.807) is 0 Å². The molecule has 0 heterocycles. The van der Waals surface area contributed by atoms with E-state index in [4.69, 9.17) is 0 Å². The molecule has 0 fully saturated rings. The van der Waals surface area contributed by atoms with Crippen LogP contribution < -0.4 is 4.90 Å². The number of hydrogen-bond donors (Lipinski definition) is 0. The zero-order valence-electron chi connectivity index (χ0n) is 36.1. The Hall–Kier alpha value is -8.00. The van der Waals surface area contributed by atoms with Crippen molar-refractivity contribution in [2.45, 2.75) is 19.3 Å². The van der Waals surface area contributed by atoms with Crippen molar-refractivity contribution in [1.82, 2.24) is 0 Å². The normalized spacial score (nSPS) is 12.3. The van der Waals surface area contributed by atoms with Crippen LogP contribution in [-0.4, -0.2) is 0 Å². The van der Waals surface area contributed by atoms with Crippen LogP contribution in [0.5, 0.6) is 0 Å². The Morgan fingerprint density at radius 1 is 0.281 bits per heavy atom. The summed E-state index contributed by atoms with van der Waals surface area (Å²) in [6, 6.07) is 91.3. The standard InChI is InChI=1S/C63H47N/c1-44-19-12-13-26-54(44)56-31-18-30-55(45(56)2)47-33-37-51(38-34-47)64(52-39-35-48(36-40-52)58-28-15-14-27-57(58)46-20-6-3-7-21-46)53-41-42-60-59-29-16-17-32-61(59)63(62(60)43-53,49-22-8-4-9-23-49)50-24-10-5-11-25-50/h3-43H,1-2H3. The minimum atomic E-state index is -0.509. The summed E-state index contributed by atoms with van der Waals surface area (Å²) < 4.78 is 0. The van der Waals surface area contributed by atoms with Crippen LogP contribution in [0.1, 0.15) is 33.4 Å². The van der Waals surface area contributed by atoms with Crippen LogP contribution in [0.2, 0.25) is 0 Å². The van der Waals surface area contributed by atoms with Crippen LogP contribution in [0.15, 0.2) is 249 Å². The first-order valence-electron chi connectivity index (χ1n) is 22.3. The lowest BCUT2D eigenvalue weighted by Crippen LogP contribution is -2.28. The van der Waals surface area contributed by atoms with Gasteiger partial charge in [-0.05, 0) is 139 Å². The van der Waals surface area contributed by atoms with Gasteiger partial charge in [0.1, 0.15) is 0 Å². The number of fused-ring (bicyclic) bond motifs is 3. The molecule has 1 aliphatic rings. The van der Waals surface area contributed by atoms with Crippen LogP contribution in [0.3, 0.4) is 0 Å². The van der Waals surface area contributed by atoms with Crippen molar-refractivity contribution in [1.29, 1.82) is 0 Å². The first-order chi connectivity index (χ1) is 31.6. The topological polar surface area (TPSA) is 3.24 Å². The van der Waals surface area contributed by atoms with E-state index in [9.17, 15) is 0 Å². The molecule has 10 aromatic carbocycles. The first-order valence-corrected chi connectivity index (χ1v) is 22.3. The van der Waals surface area contributed by atoms with Gasteiger partial charge < -0.3 is 4.90 Å². The third-order valence-electron chi connectivity index (χ3n) is 13.4. The van der Waals surface area contributed by atoms with Crippen LogP contribution in [0, 0.1) is 13.8 Å². The highest BCUT2D eigenvalue weighted by atomic mass is 15.1. The van der Waals surface area contributed by atoms with Crippen molar-refractivity contribution in [3.8, 4) is 55.6 Å². The quantitative estimate of drug-likeness (QED) is 0.140. The molecule has 64 heavy (non-hydrogen) atoms. The SMILES string of the molecule is Cc1ccccc1-c1cccc(-c2ccc(N(c3ccc(-c4ccccc4-c4ccccc4)cc3)c3ccc4c(c3)C(c3ccccc3)(c3ccccc3)c3ccccc3-4)cc2)c1C. The van der Waals surface area contributed by atoms with Crippen molar-refractivity contribution in [2.75, 3.05) is 4.90 Å². The summed E-state index contributed by atoms with van der Waals surface area (Å²) in [6.07, 6.45) is 0. The maximum Gasteiger partial charge on any atom is 0.0714 e. The van der Waals surface area contributed by atoms with E-state index >= 15 is 0 Å². The van der Waals surface area contributed by atoms with Gasteiger partial charge in [0.15, 0.2) is 0 Å². The first kappa shape index (κ1) is 38.9. The second kappa shape index (κ2) is 16.4. The highest BCUT2D eigenvalue weighted by Crippen LogP contribution is 2.57. The third-order valence-corrected chi connectivity index (χ3v) is 13.4. The molecule has 0 spiro atoms. The molecule has 0 saturated carbocycles.